The highest BCUT2D eigenvalue weighted by atomic mass is 15.0. The van der Waals surface area contributed by atoms with Crippen LogP contribution in [0.2, 0.25) is 0 Å². The van der Waals surface area contributed by atoms with Crippen LogP contribution in [0.4, 0.5) is 0 Å². The van der Waals surface area contributed by atoms with Gasteiger partial charge in [-0.25, -0.2) is 9.97 Å². The summed E-state index contributed by atoms with van der Waals surface area (Å²) in [5.74, 6) is 0.607. The second kappa shape index (κ2) is 20.5. The quantitative estimate of drug-likeness (QED) is 0.143. The van der Waals surface area contributed by atoms with Gasteiger partial charge in [0.15, 0.2) is 5.82 Å². The Bertz CT molecular complexity index is 5250. The third-order valence-corrected chi connectivity index (χ3v) is 17.0. The van der Waals surface area contributed by atoms with Gasteiger partial charge in [-0.1, -0.05) is 194 Å². The zero-order chi connectivity index (χ0) is 58.1. The summed E-state index contributed by atoms with van der Waals surface area (Å²) < 4.78 is 7.22. The molecule has 0 atom stereocenters. The zero-order valence-electron chi connectivity index (χ0n) is 46.6. The Morgan fingerprint density at radius 3 is 1.14 bits per heavy atom. The molecule has 0 N–H and O–H groups in total. The van der Waals surface area contributed by atoms with Crippen molar-refractivity contribution in [2.75, 3.05) is 0 Å². The number of rotatable bonds is 9. The third-order valence-electron chi connectivity index (χ3n) is 17.0. The molecule has 4 heterocycles. The number of nitriles is 3. The second-order valence-corrected chi connectivity index (χ2v) is 21.8. The van der Waals surface area contributed by atoms with Crippen LogP contribution in [0.25, 0.3) is 150 Å². The second-order valence-electron chi connectivity index (χ2n) is 21.8. The lowest BCUT2D eigenvalue weighted by Gasteiger charge is -2.24. The maximum Gasteiger partial charge on any atom is 0.160 e. The van der Waals surface area contributed by atoms with Crippen molar-refractivity contribution in [2.24, 2.45) is 0 Å². The van der Waals surface area contributed by atoms with Gasteiger partial charge < -0.3 is 13.7 Å². The Labute approximate surface area is 500 Å². The van der Waals surface area contributed by atoms with E-state index in [1.807, 2.05) is 42.5 Å². The van der Waals surface area contributed by atoms with Crippen molar-refractivity contribution in [2.45, 2.75) is 0 Å². The fraction of sp³-hybridized carbons (Fsp3) is 0. The number of nitrogens with zero attached hydrogens (tertiary/aromatic N) is 8. The van der Waals surface area contributed by atoms with Crippen LogP contribution in [0.15, 0.2) is 279 Å². The monoisotopic (exact) mass is 1110 g/mol. The molecular weight excluding hydrogens is 1060 g/mol. The van der Waals surface area contributed by atoms with Crippen LogP contribution in [-0.4, -0.2) is 23.7 Å². The van der Waals surface area contributed by atoms with E-state index >= 15 is 0 Å². The normalized spacial score (nSPS) is 11.4. The molecule has 0 radical (unpaired) electrons. The molecule has 0 saturated heterocycles. The lowest BCUT2D eigenvalue weighted by Crippen LogP contribution is -2.06. The van der Waals surface area contributed by atoms with Gasteiger partial charge in [0.1, 0.15) is 0 Å². The first-order valence-electron chi connectivity index (χ1n) is 28.8. The number of benzene rings is 12. The summed E-state index contributed by atoms with van der Waals surface area (Å²) in [6, 6.07) is 104. The van der Waals surface area contributed by atoms with E-state index in [0.717, 1.165) is 133 Å². The molecule has 87 heavy (non-hydrogen) atoms. The Balaban J connectivity index is 1.09. The van der Waals surface area contributed by atoms with E-state index in [9.17, 15) is 15.8 Å². The van der Waals surface area contributed by atoms with Crippen LogP contribution in [-0.2, 0) is 0 Å². The molecule has 4 aromatic heterocycles. The van der Waals surface area contributed by atoms with E-state index in [1.54, 1.807) is 12.1 Å². The molecule has 8 nitrogen and oxygen atoms in total. The van der Waals surface area contributed by atoms with E-state index in [-0.39, 0.29) is 16.7 Å². The molecule has 16 aromatic rings. The van der Waals surface area contributed by atoms with Crippen molar-refractivity contribution in [3.8, 4) is 103 Å². The molecule has 0 amide bonds. The number of para-hydroxylation sites is 7. The first kappa shape index (κ1) is 50.3. The molecule has 0 fully saturated rings. The maximum atomic E-state index is 10.6. The van der Waals surface area contributed by atoms with E-state index in [2.05, 4.69) is 256 Å². The number of fused-ring (bicyclic) bond motifs is 9. The minimum atomic E-state index is 0.255. The van der Waals surface area contributed by atoms with Gasteiger partial charge in [0, 0.05) is 76.8 Å². The van der Waals surface area contributed by atoms with Crippen molar-refractivity contribution in [3.63, 3.8) is 0 Å². The Kier molecular flexibility index (Phi) is 11.8. The maximum absolute atomic E-state index is 10.6. The summed E-state index contributed by atoms with van der Waals surface area (Å²) >= 11 is 0. The highest BCUT2D eigenvalue weighted by Gasteiger charge is 2.28. The summed E-state index contributed by atoms with van der Waals surface area (Å²) in [6.07, 6.45) is 0. The van der Waals surface area contributed by atoms with Gasteiger partial charge in [0.05, 0.1) is 96.4 Å². The Hall–Kier alpha value is -12.4. The van der Waals surface area contributed by atoms with Gasteiger partial charge in [-0.3, -0.25) is 0 Å². The molecule has 0 spiro atoms. The molecular formula is C79H46N8. The number of aromatic nitrogens is 5. The number of hydrogen-bond donors (Lipinski definition) is 0. The topological polar surface area (TPSA) is 112 Å². The fourth-order valence-electron chi connectivity index (χ4n) is 13.2. The van der Waals surface area contributed by atoms with Crippen LogP contribution < -0.4 is 0 Å². The van der Waals surface area contributed by atoms with Crippen molar-refractivity contribution in [3.05, 3.63) is 296 Å². The molecule has 12 aromatic carbocycles. The van der Waals surface area contributed by atoms with Gasteiger partial charge in [0.2, 0.25) is 0 Å². The lowest BCUT2D eigenvalue weighted by atomic mass is 9.90. The summed E-state index contributed by atoms with van der Waals surface area (Å²) in [5.41, 5.74) is 19.2. The van der Waals surface area contributed by atoms with Crippen LogP contribution in [0.3, 0.4) is 0 Å². The van der Waals surface area contributed by atoms with Gasteiger partial charge in [-0.15, -0.1) is 0 Å². The average molecular weight is 1110 g/mol. The molecule has 0 aliphatic carbocycles. The molecule has 16 rings (SSSR count). The van der Waals surface area contributed by atoms with E-state index in [0.29, 0.717) is 17.0 Å². The minimum Gasteiger partial charge on any atom is -0.309 e. The fourth-order valence-corrected chi connectivity index (χ4v) is 13.2. The predicted molar refractivity (Wildman–Crippen MR) is 352 cm³/mol. The Morgan fingerprint density at radius 1 is 0.276 bits per heavy atom. The first-order chi connectivity index (χ1) is 43.0. The standard InChI is InChI=1S/C79H46N8/c80-47-50-41-55(48-81)77(56(42-50)49-82)53-39-40-76-64(43-53)61-29-11-20-38-75(61)87(76)78-65(62-30-12-18-36-73(62)85-69-32-14-7-25-57(69)58-26-8-15-33-70(58)85)44-54(68-46-67(51-21-3-1-4-22-51)83-79(84-68)52-23-5-2-6-24-52)45-66(78)63-31-13-19-37-74(63)86-71-34-16-9-27-59(71)60-28-10-17-35-72(60)86/h1-46H. The van der Waals surface area contributed by atoms with E-state index < -0.39 is 0 Å². The minimum absolute atomic E-state index is 0.255. The lowest BCUT2D eigenvalue weighted by molar-refractivity contribution is 1.15. The van der Waals surface area contributed by atoms with Gasteiger partial charge in [-0.05, 0) is 90.5 Å². The van der Waals surface area contributed by atoms with Crippen LogP contribution in [0.1, 0.15) is 16.7 Å². The largest absolute Gasteiger partial charge is 0.309 e. The third kappa shape index (κ3) is 8.11. The SMILES string of the molecule is N#Cc1cc(C#N)c(-c2ccc3c(c2)c2ccccc2n3-c2c(-c3ccccc3-n3c4ccccc4c4ccccc43)cc(-c3cc(-c4ccccc4)nc(-c4ccccc4)n3)cc2-c2ccccc2-n2c3ccccc3c3ccccc32)c(C#N)c1. The summed E-state index contributed by atoms with van der Waals surface area (Å²) in [4.78, 5) is 10.8. The van der Waals surface area contributed by atoms with Crippen LogP contribution >= 0.6 is 0 Å². The molecule has 0 aliphatic heterocycles. The average Bonchev–Trinajstić information content (AvgIpc) is 1.80. The van der Waals surface area contributed by atoms with Crippen LogP contribution in [0.5, 0.6) is 0 Å². The van der Waals surface area contributed by atoms with Crippen molar-refractivity contribution < 1.29 is 0 Å². The molecule has 0 saturated carbocycles. The van der Waals surface area contributed by atoms with Crippen molar-refractivity contribution in [1.29, 1.82) is 15.8 Å². The number of hydrogen-bond acceptors (Lipinski definition) is 5. The molecule has 8 heteroatoms. The van der Waals surface area contributed by atoms with Gasteiger partial charge >= 0.3 is 0 Å². The summed E-state index contributed by atoms with van der Waals surface area (Å²) in [6.45, 7) is 0. The summed E-state index contributed by atoms with van der Waals surface area (Å²) in [5, 5.41) is 37.7. The van der Waals surface area contributed by atoms with Gasteiger partial charge in [0.25, 0.3) is 0 Å². The molecule has 0 bridgehead atoms. The van der Waals surface area contributed by atoms with Gasteiger partial charge in [-0.2, -0.15) is 15.8 Å². The molecule has 0 aliphatic rings. The Morgan fingerprint density at radius 2 is 0.667 bits per heavy atom. The van der Waals surface area contributed by atoms with Crippen LogP contribution in [0, 0.1) is 34.0 Å². The predicted octanol–water partition coefficient (Wildman–Crippen LogP) is 19.4. The summed E-state index contributed by atoms with van der Waals surface area (Å²) in [7, 11) is 0. The highest BCUT2D eigenvalue weighted by Crippen LogP contribution is 2.49. The van der Waals surface area contributed by atoms with Crippen molar-refractivity contribution >= 4 is 65.4 Å². The highest BCUT2D eigenvalue weighted by molar-refractivity contribution is 6.15. The van der Waals surface area contributed by atoms with Crippen molar-refractivity contribution in [1.82, 2.24) is 23.7 Å². The van der Waals surface area contributed by atoms with E-state index in [4.69, 9.17) is 9.97 Å². The smallest absolute Gasteiger partial charge is 0.160 e. The van der Waals surface area contributed by atoms with E-state index in [1.165, 1.54) is 0 Å². The zero-order valence-corrected chi connectivity index (χ0v) is 46.6. The molecule has 0 unspecified atom stereocenters. The first-order valence-corrected chi connectivity index (χ1v) is 28.8. The molecule has 402 valence electrons.